The molecule has 8 heteroatoms. The third kappa shape index (κ3) is 6.86. The molecule has 2 saturated heterocycles. The second-order valence-corrected chi connectivity index (χ2v) is 10.3. The van der Waals surface area contributed by atoms with Crippen LogP contribution in [0.1, 0.15) is 40.9 Å². The Labute approximate surface area is 224 Å². The van der Waals surface area contributed by atoms with Gasteiger partial charge >= 0.3 is 0 Å². The largest absolute Gasteiger partial charge is 0.355 e. The van der Waals surface area contributed by atoms with Crippen molar-refractivity contribution < 1.29 is 4.79 Å². The predicted molar refractivity (Wildman–Crippen MR) is 148 cm³/mol. The first kappa shape index (κ1) is 25.6. The van der Waals surface area contributed by atoms with Crippen LogP contribution in [0.2, 0.25) is 5.02 Å². The van der Waals surface area contributed by atoms with Gasteiger partial charge in [-0.1, -0.05) is 41.9 Å². The molecule has 2 fully saturated rings. The van der Waals surface area contributed by atoms with Crippen molar-refractivity contribution >= 4 is 23.3 Å². The molecule has 2 aliphatic heterocycles. The molecule has 37 heavy (non-hydrogen) atoms. The number of pyridine rings is 2. The van der Waals surface area contributed by atoms with Crippen molar-refractivity contribution in [3.63, 3.8) is 0 Å². The number of rotatable bonds is 7. The van der Waals surface area contributed by atoms with E-state index in [0.717, 1.165) is 68.6 Å². The van der Waals surface area contributed by atoms with E-state index < -0.39 is 0 Å². The fourth-order valence-corrected chi connectivity index (χ4v) is 5.54. The van der Waals surface area contributed by atoms with Gasteiger partial charge in [0.1, 0.15) is 11.5 Å². The number of nitrogens with zero attached hydrogens (tertiary/aromatic N) is 5. The predicted octanol–water partition coefficient (Wildman–Crippen LogP) is 4.24. The number of hydrogen-bond acceptors (Lipinski definition) is 6. The second kappa shape index (κ2) is 12.5. The van der Waals surface area contributed by atoms with Gasteiger partial charge in [-0.25, -0.2) is 4.98 Å². The maximum absolute atomic E-state index is 12.7. The molecule has 1 amide bonds. The lowest BCUT2D eigenvalue weighted by Gasteiger charge is -2.38. The van der Waals surface area contributed by atoms with Crippen LogP contribution in [0.15, 0.2) is 67.0 Å². The fourth-order valence-electron chi connectivity index (χ4n) is 5.34. The van der Waals surface area contributed by atoms with Crippen LogP contribution in [0.4, 0.5) is 5.82 Å². The zero-order valence-electron chi connectivity index (χ0n) is 21.2. The fraction of sp³-hybridized carbons (Fsp3) is 0.414. The highest BCUT2D eigenvalue weighted by molar-refractivity contribution is 6.31. The number of carbonyl (C=O) groups excluding carboxylic acids is 1. The summed E-state index contributed by atoms with van der Waals surface area (Å²) in [5.74, 6) is 0.719. The topological polar surface area (TPSA) is 64.6 Å². The van der Waals surface area contributed by atoms with Crippen LogP contribution in [-0.4, -0.2) is 71.0 Å². The monoisotopic (exact) mass is 518 g/mol. The number of amides is 1. The van der Waals surface area contributed by atoms with Gasteiger partial charge < -0.3 is 10.2 Å². The van der Waals surface area contributed by atoms with Crippen molar-refractivity contribution in [1.29, 1.82) is 0 Å². The third-order valence-corrected chi connectivity index (χ3v) is 7.79. The molecule has 1 N–H and O–H groups in total. The highest BCUT2D eigenvalue weighted by Gasteiger charge is 2.27. The van der Waals surface area contributed by atoms with Crippen molar-refractivity contribution in [2.75, 3.05) is 44.2 Å². The maximum Gasteiger partial charge on any atom is 0.270 e. The average Bonchev–Trinajstić information content (AvgIpc) is 3.21. The molecule has 0 unspecified atom stereocenters. The van der Waals surface area contributed by atoms with Crippen LogP contribution in [0, 0.1) is 0 Å². The molecule has 0 aliphatic carbocycles. The summed E-state index contributed by atoms with van der Waals surface area (Å²) in [6, 6.07) is 18.3. The third-order valence-electron chi connectivity index (χ3n) is 7.42. The second-order valence-electron chi connectivity index (χ2n) is 9.90. The van der Waals surface area contributed by atoms with E-state index in [9.17, 15) is 4.79 Å². The normalized spacial score (nSPS) is 17.9. The molecular weight excluding hydrogens is 484 g/mol. The van der Waals surface area contributed by atoms with Gasteiger partial charge in [-0.15, -0.1) is 0 Å². The molecule has 5 rings (SSSR count). The number of hydrogen-bond donors (Lipinski definition) is 1. The van der Waals surface area contributed by atoms with Gasteiger partial charge in [0.25, 0.3) is 5.91 Å². The van der Waals surface area contributed by atoms with Crippen molar-refractivity contribution in [2.24, 2.45) is 0 Å². The minimum Gasteiger partial charge on any atom is -0.355 e. The zero-order valence-corrected chi connectivity index (χ0v) is 22.0. The van der Waals surface area contributed by atoms with E-state index in [-0.39, 0.29) is 5.91 Å². The number of benzene rings is 1. The van der Waals surface area contributed by atoms with Gasteiger partial charge in [0, 0.05) is 62.7 Å². The van der Waals surface area contributed by atoms with E-state index in [1.807, 2.05) is 36.4 Å². The summed E-state index contributed by atoms with van der Waals surface area (Å²) in [6.07, 6.45) is 6.96. The van der Waals surface area contributed by atoms with Crippen LogP contribution >= 0.6 is 11.6 Å². The van der Waals surface area contributed by atoms with Crippen LogP contribution in [-0.2, 0) is 13.1 Å². The van der Waals surface area contributed by atoms with Gasteiger partial charge in [-0.3, -0.25) is 19.6 Å². The Hall–Kier alpha value is -3.00. The van der Waals surface area contributed by atoms with Crippen LogP contribution in [0.25, 0.3) is 0 Å². The van der Waals surface area contributed by atoms with E-state index in [4.69, 9.17) is 16.6 Å². The number of aromatic nitrogens is 2. The van der Waals surface area contributed by atoms with Crippen molar-refractivity contribution in [2.45, 2.75) is 38.4 Å². The lowest BCUT2D eigenvalue weighted by molar-refractivity contribution is 0.0946. The van der Waals surface area contributed by atoms with E-state index in [1.165, 1.54) is 18.4 Å². The average molecular weight is 519 g/mol. The molecule has 0 spiro atoms. The van der Waals surface area contributed by atoms with Gasteiger partial charge in [0.05, 0.1) is 0 Å². The number of piperidine rings is 1. The van der Waals surface area contributed by atoms with Crippen LogP contribution in [0.3, 0.4) is 0 Å². The number of anilines is 1. The molecule has 0 atom stereocenters. The Balaban J connectivity index is 1.12. The summed E-state index contributed by atoms with van der Waals surface area (Å²) in [6.45, 7) is 7.59. The van der Waals surface area contributed by atoms with E-state index in [1.54, 1.807) is 18.5 Å². The number of likely N-dealkylation sites (tertiary alicyclic amines) is 1. The molecule has 2 aromatic heterocycles. The molecule has 2 aliphatic rings. The van der Waals surface area contributed by atoms with Gasteiger partial charge in [-0.05, 0) is 67.7 Å². The maximum atomic E-state index is 12.7. The molecule has 0 saturated carbocycles. The lowest BCUT2D eigenvalue weighted by atomic mass is 10.0. The van der Waals surface area contributed by atoms with Crippen molar-refractivity contribution in [3.8, 4) is 0 Å². The molecule has 7 nitrogen and oxygen atoms in total. The van der Waals surface area contributed by atoms with Crippen molar-refractivity contribution in [1.82, 2.24) is 25.1 Å². The first-order valence-corrected chi connectivity index (χ1v) is 13.6. The van der Waals surface area contributed by atoms with Crippen LogP contribution < -0.4 is 10.2 Å². The zero-order chi connectivity index (χ0) is 25.5. The minimum atomic E-state index is -0.161. The van der Waals surface area contributed by atoms with Gasteiger partial charge in [0.15, 0.2) is 0 Å². The number of halogens is 1. The summed E-state index contributed by atoms with van der Waals surface area (Å²) in [5, 5.41) is 3.81. The summed E-state index contributed by atoms with van der Waals surface area (Å²) in [4.78, 5) is 29.0. The molecular formula is C29H35ClN6O. The standard InChI is InChI=1S/C29H35ClN6O/c30-26-8-2-1-7-24(26)22-34-16-11-25(12-17-34)35-14-5-15-36(19-18-35)28-10-3-9-27(33-28)29(37)32-21-23-6-4-13-31-20-23/h1-4,6-10,13,20,25H,5,11-12,14-19,21-22H2,(H,32,37). The van der Waals surface area contributed by atoms with E-state index >= 15 is 0 Å². The molecule has 0 radical (unpaired) electrons. The molecule has 4 heterocycles. The first-order chi connectivity index (χ1) is 18.2. The Bertz CT molecular complexity index is 1170. The van der Waals surface area contributed by atoms with Crippen molar-refractivity contribution in [3.05, 3.63) is 88.8 Å². The minimum absolute atomic E-state index is 0.161. The highest BCUT2D eigenvalue weighted by Crippen LogP contribution is 2.23. The number of carbonyl (C=O) groups is 1. The Morgan fingerprint density at radius 3 is 2.62 bits per heavy atom. The molecule has 194 valence electrons. The SMILES string of the molecule is O=C(NCc1cccnc1)c1cccc(N2CCCN(C3CCN(Cc4ccccc4Cl)CC3)CC2)n1. The van der Waals surface area contributed by atoms with Gasteiger partial charge in [0.2, 0.25) is 0 Å². The molecule has 0 bridgehead atoms. The Morgan fingerprint density at radius 2 is 1.81 bits per heavy atom. The summed E-state index contributed by atoms with van der Waals surface area (Å²) >= 11 is 6.38. The Kier molecular flexibility index (Phi) is 8.66. The summed E-state index contributed by atoms with van der Waals surface area (Å²) < 4.78 is 0. The summed E-state index contributed by atoms with van der Waals surface area (Å²) in [5.41, 5.74) is 2.64. The first-order valence-electron chi connectivity index (χ1n) is 13.2. The van der Waals surface area contributed by atoms with E-state index in [0.29, 0.717) is 18.3 Å². The summed E-state index contributed by atoms with van der Waals surface area (Å²) in [7, 11) is 0. The van der Waals surface area contributed by atoms with Crippen LogP contribution in [0.5, 0.6) is 0 Å². The van der Waals surface area contributed by atoms with E-state index in [2.05, 4.69) is 37.1 Å². The smallest absolute Gasteiger partial charge is 0.270 e. The lowest BCUT2D eigenvalue weighted by Crippen LogP contribution is -2.46. The quantitative estimate of drug-likeness (QED) is 0.505. The van der Waals surface area contributed by atoms with Gasteiger partial charge in [-0.2, -0.15) is 0 Å². The number of nitrogens with one attached hydrogen (secondary N) is 1. The molecule has 3 aromatic rings. The highest BCUT2D eigenvalue weighted by atomic mass is 35.5. The molecule has 1 aromatic carbocycles. The Morgan fingerprint density at radius 1 is 0.946 bits per heavy atom.